The average molecular weight is 389 g/mol. The van der Waals surface area contributed by atoms with Crippen LogP contribution in [0.15, 0.2) is 59.5 Å². The molecule has 1 aliphatic rings. The van der Waals surface area contributed by atoms with E-state index in [-0.39, 0.29) is 11.8 Å². The first-order valence-electron chi connectivity index (χ1n) is 9.13. The smallest absolute Gasteiger partial charge is 0.224 e. The molecule has 138 valence electrons. The second-order valence-corrected chi connectivity index (χ2v) is 8.26. The van der Waals surface area contributed by atoms with Crippen LogP contribution in [0, 0.1) is 5.92 Å². The first-order chi connectivity index (χ1) is 12.7. The average Bonchev–Trinajstić information content (AvgIpc) is 2.68. The maximum atomic E-state index is 12.5. The normalized spacial score (nSPS) is 17.8. The number of carbonyl (C=O) groups is 1. The molecule has 0 aromatic heterocycles. The van der Waals surface area contributed by atoms with Crippen molar-refractivity contribution in [2.45, 2.75) is 24.3 Å². The number of carbonyl (C=O) groups excluding carboxylic acids is 1. The molecule has 1 heterocycles. The van der Waals surface area contributed by atoms with Crippen molar-refractivity contribution in [1.29, 1.82) is 0 Å². The maximum Gasteiger partial charge on any atom is 0.224 e. The van der Waals surface area contributed by atoms with Gasteiger partial charge in [-0.3, -0.25) is 9.69 Å². The fraction of sp³-hybridized carbons (Fsp3) is 0.381. The number of halogens is 1. The van der Waals surface area contributed by atoms with E-state index >= 15 is 0 Å². The molecule has 3 rings (SSSR count). The fourth-order valence-corrected chi connectivity index (χ4v) is 4.18. The molecule has 1 N–H and O–H groups in total. The third-order valence-corrected chi connectivity index (χ3v) is 5.87. The minimum absolute atomic E-state index is 0.0952. The summed E-state index contributed by atoms with van der Waals surface area (Å²) < 4.78 is 0. The molecule has 1 aliphatic heterocycles. The number of piperidine rings is 1. The summed E-state index contributed by atoms with van der Waals surface area (Å²) in [5.74, 6) is 1.19. The quantitative estimate of drug-likeness (QED) is 0.561. The molecule has 0 aliphatic carbocycles. The van der Waals surface area contributed by atoms with Gasteiger partial charge in [-0.25, -0.2) is 0 Å². The lowest BCUT2D eigenvalue weighted by Crippen LogP contribution is -2.43. The largest absolute Gasteiger partial charge is 0.355 e. The zero-order valence-electron chi connectivity index (χ0n) is 14.9. The van der Waals surface area contributed by atoms with Crippen molar-refractivity contribution in [2.75, 3.05) is 25.4 Å². The predicted octanol–water partition coefficient (Wildman–Crippen LogP) is 4.46. The van der Waals surface area contributed by atoms with Crippen molar-refractivity contribution in [1.82, 2.24) is 10.2 Å². The van der Waals surface area contributed by atoms with Crippen molar-refractivity contribution in [2.24, 2.45) is 5.92 Å². The van der Waals surface area contributed by atoms with Gasteiger partial charge in [-0.1, -0.05) is 41.9 Å². The lowest BCUT2D eigenvalue weighted by Gasteiger charge is -2.32. The van der Waals surface area contributed by atoms with E-state index in [4.69, 9.17) is 11.6 Å². The topological polar surface area (TPSA) is 32.3 Å². The van der Waals surface area contributed by atoms with Crippen molar-refractivity contribution in [3.05, 3.63) is 65.2 Å². The first-order valence-corrected chi connectivity index (χ1v) is 10.5. The Hall–Kier alpha value is -1.49. The van der Waals surface area contributed by atoms with Crippen LogP contribution in [0.1, 0.15) is 18.4 Å². The van der Waals surface area contributed by atoms with Crippen LogP contribution in [0.2, 0.25) is 5.02 Å². The van der Waals surface area contributed by atoms with Crippen LogP contribution in [0.4, 0.5) is 0 Å². The Kier molecular flexibility index (Phi) is 7.42. The summed E-state index contributed by atoms with van der Waals surface area (Å²) in [4.78, 5) is 16.1. The Morgan fingerprint density at radius 2 is 1.92 bits per heavy atom. The Balaban J connectivity index is 1.40. The van der Waals surface area contributed by atoms with Crippen LogP contribution in [-0.4, -0.2) is 36.2 Å². The maximum absolute atomic E-state index is 12.5. The van der Waals surface area contributed by atoms with Crippen LogP contribution in [0.3, 0.4) is 0 Å². The van der Waals surface area contributed by atoms with Gasteiger partial charge in [0.1, 0.15) is 0 Å². The van der Waals surface area contributed by atoms with E-state index in [0.717, 1.165) is 43.3 Å². The van der Waals surface area contributed by atoms with Crippen LogP contribution in [0.25, 0.3) is 0 Å². The van der Waals surface area contributed by atoms with Gasteiger partial charge in [0.15, 0.2) is 0 Å². The zero-order chi connectivity index (χ0) is 18.2. The number of hydrogen-bond donors (Lipinski definition) is 1. The Morgan fingerprint density at radius 3 is 2.69 bits per heavy atom. The summed E-state index contributed by atoms with van der Waals surface area (Å²) in [7, 11) is 0. The lowest BCUT2D eigenvalue weighted by molar-refractivity contribution is -0.126. The van der Waals surface area contributed by atoms with Crippen LogP contribution >= 0.6 is 23.4 Å². The number of benzene rings is 2. The number of nitrogens with zero attached hydrogens (tertiary/aromatic N) is 1. The number of thioether (sulfide) groups is 1. The highest BCUT2D eigenvalue weighted by Crippen LogP contribution is 2.20. The van der Waals surface area contributed by atoms with E-state index in [9.17, 15) is 4.79 Å². The first kappa shape index (κ1) is 19.3. The SMILES string of the molecule is O=C(NCCSc1ccccc1)C1CCCN(Cc2ccc(Cl)cc2)C1. The van der Waals surface area contributed by atoms with E-state index in [1.54, 1.807) is 11.8 Å². The van der Waals surface area contributed by atoms with Crippen LogP contribution < -0.4 is 5.32 Å². The third-order valence-electron chi connectivity index (χ3n) is 4.61. The summed E-state index contributed by atoms with van der Waals surface area (Å²) in [5, 5.41) is 3.87. The molecular formula is C21H25ClN2OS. The molecule has 2 aromatic carbocycles. The second-order valence-electron chi connectivity index (χ2n) is 6.65. The Morgan fingerprint density at radius 1 is 1.15 bits per heavy atom. The number of rotatable bonds is 7. The summed E-state index contributed by atoms with van der Waals surface area (Å²) in [6, 6.07) is 18.3. The van der Waals surface area contributed by atoms with Gasteiger partial charge in [0.2, 0.25) is 5.91 Å². The highest BCUT2D eigenvalue weighted by molar-refractivity contribution is 7.99. The Labute approximate surface area is 165 Å². The Bertz CT molecular complexity index is 693. The molecule has 1 fully saturated rings. The van der Waals surface area contributed by atoms with Gasteiger partial charge >= 0.3 is 0 Å². The fourth-order valence-electron chi connectivity index (χ4n) is 3.27. The van der Waals surface area contributed by atoms with E-state index < -0.39 is 0 Å². The summed E-state index contributed by atoms with van der Waals surface area (Å²) in [6.45, 7) is 3.48. The van der Waals surface area contributed by atoms with E-state index in [2.05, 4.69) is 34.5 Å². The van der Waals surface area contributed by atoms with Gasteiger partial charge in [0.05, 0.1) is 5.92 Å². The molecule has 0 bridgehead atoms. The lowest BCUT2D eigenvalue weighted by atomic mass is 9.96. The third kappa shape index (κ3) is 6.04. The van der Waals surface area contributed by atoms with Gasteiger partial charge in [-0.05, 0) is 49.2 Å². The number of hydrogen-bond acceptors (Lipinski definition) is 3. The minimum atomic E-state index is 0.0952. The molecular weight excluding hydrogens is 364 g/mol. The summed E-state index contributed by atoms with van der Waals surface area (Å²) in [6.07, 6.45) is 2.05. The highest BCUT2D eigenvalue weighted by atomic mass is 35.5. The highest BCUT2D eigenvalue weighted by Gasteiger charge is 2.25. The zero-order valence-corrected chi connectivity index (χ0v) is 16.4. The number of amides is 1. The molecule has 26 heavy (non-hydrogen) atoms. The van der Waals surface area contributed by atoms with E-state index in [0.29, 0.717) is 6.54 Å². The van der Waals surface area contributed by atoms with Gasteiger partial charge in [0, 0.05) is 35.3 Å². The van der Waals surface area contributed by atoms with Crippen molar-refractivity contribution < 1.29 is 4.79 Å². The van der Waals surface area contributed by atoms with Crippen molar-refractivity contribution >= 4 is 29.3 Å². The van der Waals surface area contributed by atoms with E-state index in [1.807, 2.05) is 30.3 Å². The summed E-state index contributed by atoms with van der Waals surface area (Å²) in [5.41, 5.74) is 1.25. The molecule has 3 nitrogen and oxygen atoms in total. The van der Waals surface area contributed by atoms with Gasteiger partial charge in [0.25, 0.3) is 0 Å². The van der Waals surface area contributed by atoms with Gasteiger partial charge < -0.3 is 5.32 Å². The van der Waals surface area contributed by atoms with Crippen molar-refractivity contribution in [3.63, 3.8) is 0 Å². The number of likely N-dealkylation sites (tertiary alicyclic amines) is 1. The predicted molar refractivity (Wildman–Crippen MR) is 110 cm³/mol. The molecule has 0 radical (unpaired) electrons. The molecule has 1 atom stereocenters. The van der Waals surface area contributed by atoms with E-state index in [1.165, 1.54) is 10.5 Å². The minimum Gasteiger partial charge on any atom is -0.355 e. The molecule has 5 heteroatoms. The number of nitrogens with one attached hydrogen (secondary N) is 1. The van der Waals surface area contributed by atoms with Crippen LogP contribution in [0.5, 0.6) is 0 Å². The van der Waals surface area contributed by atoms with Crippen LogP contribution in [-0.2, 0) is 11.3 Å². The van der Waals surface area contributed by atoms with Gasteiger partial charge in [-0.15, -0.1) is 11.8 Å². The molecule has 1 unspecified atom stereocenters. The monoisotopic (exact) mass is 388 g/mol. The van der Waals surface area contributed by atoms with Gasteiger partial charge in [-0.2, -0.15) is 0 Å². The standard InChI is InChI=1S/C21H25ClN2OS/c22-19-10-8-17(9-11-19)15-24-13-4-5-18(16-24)21(25)23-12-14-26-20-6-2-1-3-7-20/h1-3,6-11,18H,4-5,12-16H2,(H,23,25). The molecule has 1 amide bonds. The molecule has 2 aromatic rings. The van der Waals surface area contributed by atoms with Crippen molar-refractivity contribution in [3.8, 4) is 0 Å². The second kappa shape index (κ2) is 10.0. The molecule has 0 spiro atoms. The summed E-state index contributed by atoms with van der Waals surface area (Å²) >= 11 is 7.73. The molecule has 0 saturated carbocycles. The molecule has 1 saturated heterocycles.